The van der Waals surface area contributed by atoms with E-state index in [4.69, 9.17) is 0 Å². The molecule has 0 amide bonds. The molecule has 0 saturated carbocycles. The molecule has 1 aromatic heterocycles. The molecular formula is C14H15FN2O2S. The highest BCUT2D eigenvalue weighted by molar-refractivity contribution is 7.99. The second-order valence-corrected chi connectivity index (χ2v) is 6.14. The van der Waals surface area contributed by atoms with E-state index in [-0.39, 0.29) is 11.4 Å². The molecule has 4 nitrogen and oxygen atoms in total. The molecule has 0 radical (unpaired) electrons. The Balaban J connectivity index is 2.36. The van der Waals surface area contributed by atoms with E-state index >= 15 is 0 Å². The van der Waals surface area contributed by atoms with Crippen LogP contribution in [0.15, 0.2) is 29.1 Å². The zero-order valence-corrected chi connectivity index (χ0v) is 12.0. The fourth-order valence-electron chi connectivity index (χ4n) is 1.70. The van der Waals surface area contributed by atoms with E-state index in [2.05, 4.69) is 9.97 Å². The first-order valence-corrected chi connectivity index (χ1v) is 7.22. The first-order valence-electron chi connectivity index (χ1n) is 6.17. The van der Waals surface area contributed by atoms with Gasteiger partial charge in [-0.3, -0.25) is 4.79 Å². The lowest BCUT2D eigenvalue weighted by molar-refractivity contribution is 0.451. The molecule has 0 aliphatic heterocycles. The van der Waals surface area contributed by atoms with Gasteiger partial charge in [0.2, 0.25) is 5.88 Å². The molecule has 1 heterocycles. The van der Waals surface area contributed by atoms with Crippen LogP contribution < -0.4 is 5.56 Å². The molecule has 0 bridgehead atoms. The number of aromatic amines is 1. The van der Waals surface area contributed by atoms with Crippen LogP contribution >= 0.6 is 11.8 Å². The van der Waals surface area contributed by atoms with Crippen molar-refractivity contribution in [3.05, 3.63) is 46.3 Å². The van der Waals surface area contributed by atoms with Gasteiger partial charge in [-0.2, -0.15) is 16.7 Å². The number of nitrogens with zero attached hydrogens (tertiary/aromatic N) is 1. The van der Waals surface area contributed by atoms with Crippen molar-refractivity contribution in [2.45, 2.75) is 24.9 Å². The Morgan fingerprint density at radius 3 is 2.55 bits per heavy atom. The Hall–Kier alpha value is -1.82. The maximum atomic E-state index is 12.9. The minimum atomic E-state index is -0.427. The third-order valence-electron chi connectivity index (χ3n) is 2.64. The van der Waals surface area contributed by atoms with Crippen LogP contribution in [0.5, 0.6) is 5.88 Å². The summed E-state index contributed by atoms with van der Waals surface area (Å²) in [5, 5.41) is 10.3. The van der Waals surface area contributed by atoms with Crippen molar-refractivity contribution in [3.63, 3.8) is 0 Å². The van der Waals surface area contributed by atoms with Gasteiger partial charge >= 0.3 is 0 Å². The zero-order chi connectivity index (χ0) is 14.7. The predicted octanol–water partition coefficient (Wildman–Crippen LogP) is 2.92. The van der Waals surface area contributed by atoms with E-state index in [1.54, 1.807) is 11.8 Å². The number of benzene rings is 1. The quantitative estimate of drug-likeness (QED) is 0.910. The minimum Gasteiger partial charge on any atom is -0.493 e. The molecule has 0 atom stereocenters. The number of rotatable bonds is 4. The van der Waals surface area contributed by atoms with Crippen LogP contribution in [0, 0.1) is 5.82 Å². The summed E-state index contributed by atoms with van der Waals surface area (Å²) in [4.78, 5) is 18.7. The van der Waals surface area contributed by atoms with Crippen molar-refractivity contribution in [3.8, 4) is 17.0 Å². The lowest BCUT2D eigenvalue weighted by Gasteiger charge is -2.07. The number of hydrogen-bond acceptors (Lipinski definition) is 4. The van der Waals surface area contributed by atoms with Crippen LogP contribution in [0.4, 0.5) is 4.39 Å². The highest BCUT2D eigenvalue weighted by Crippen LogP contribution is 2.24. The highest BCUT2D eigenvalue weighted by Gasteiger charge is 2.13. The Bertz CT molecular complexity index is 653. The van der Waals surface area contributed by atoms with Crippen LogP contribution in [-0.4, -0.2) is 20.3 Å². The number of aromatic hydroxyl groups is 1. The van der Waals surface area contributed by atoms with Crippen LogP contribution in [0.2, 0.25) is 0 Å². The van der Waals surface area contributed by atoms with E-state index in [1.807, 2.05) is 13.8 Å². The predicted molar refractivity (Wildman–Crippen MR) is 78.3 cm³/mol. The summed E-state index contributed by atoms with van der Waals surface area (Å²) < 4.78 is 12.9. The van der Waals surface area contributed by atoms with Gasteiger partial charge in [0.05, 0.1) is 5.75 Å². The zero-order valence-electron chi connectivity index (χ0n) is 11.2. The first kappa shape index (κ1) is 14.6. The third kappa shape index (κ3) is 3.39. The van der Waals surface area contributed by atoms with Gasteiger partial charge in [0.1, 0.15) is 17.2 Å². The summed E-state index contributed by atoms with van der Waals surface area (Å²) in [6, 6.07) is 5.33. The molecule has 0 aliphatic rings. The number of hydrogen-bond donors (Lipinski definition) is 2. The molecule has 1 aromatic carbocycles. The van der Waals surface area contributed by atoms with Gasteiger partial charge in [0, 0.05) is 0 Å². The summed E-state index contributed by atoms with van der Waals surface area (Å²) in [5.41, 5.74) is 0.0625. The van der Waals surface area contributed by atoms with Gasteiger partial charge in [-0.1, -0.05) is 26.0 Å². The first-order chi connectivity index (χ1) is 9.47. The summed E-state index contributed by atoms with van der Waals surface area (Å²) in [6.07, 6.45) is 0. The van der Waals surface area contributed by atoms with Crippen LogP contribution in [0.25, 0.3) is 11.1 Å². The summed E-state index contributed by atoms with van der Waals surface area (Å²) in [6.45, 7) is 4.07. The Kier molecular flexibility index (Phi) is 4.44. The van der Waals surface area contributed by atoms with Gasteiger partial charge in [0.25, 0.3) is 5.56 Å². The Morgan fingerprint density at radius 1 is 1.35 bits per heavy atom. The fourth-order valence-corrected chi connectivity index (χ4v) is 2.33. The monoisotopic (exact) mass is 294 g/mol. The van der Waals surface area contributed by atoms with Gasteiger partial charge in [-0.25, -0.2) is 4.39 Å². The average Bonchev–Trinajstić information content (AvgIpc) is 2.38. The number of thioether (sulfide) groups is 1. The van der Waals surface area contributed by atoms with Gasteiger partial charge in [-0.15, -0.1) is 0 Å². The van der Waals surface area contributed by atoms with Crippen molar-refractivity contribution in [1.29, 1.82) is 0 Å². The normalized spacial score (nSPS) is 11.0. The maximum absolute atomic E-state index is 12.9. The summed E-state index contributed by atoms with van der Waals surface area (Å²) >= 11 is 1.61. The van der Waals surface area contributed by atoms with Crippen molar-refractivity contribution >= 4 is 11.8 Å². The minimum absolute atomic E-state index is 0.0586. The van der Waals surface area contributed by atoms with Crippen LogP contribution in [-0.2, 0) is 5.75 Å². The van der Waals surface area contributed by atoms with E-state index in [9.17, 15) is 14.3 Å². The molecule has 2 aromatic rings. The van der Waals surface area contributed by atoms with E-state index < -0.39 is 11.4 Å². The lowest BCUT2D eigenvalue weighted by Crippen LogP contribution is -2.14. The number of aromatic nitrogens is 2. The largest absolute Gasteiger partial charge is 0.493 e. The summed E-state index contributed by atoms with van der Waals surface area (Å²) in [7, 11) is 0. The third-order valence-corrected chi connectivity index (χ3v) is 3.74. The molecule has 20 heavy (non-hydrogen) atoms. The SMILES string of the molecule is CC(C)SCc1nc(O)c(-c2ccc(F)cc2)c(=O)[nH]1. The van der Waals surface area contributed by atoms with Crippen molar-refractivity contribution < 1.29 is 9.50 Å². The van der Waals surface area contributed by atoms with E-state index in [1.165, 1.54) is 24.3 Å². The maximum Gasteiger partial charge on any atom is 0.262 e. The van der Waals surface area contributed by atoms with Crippen LogP contribution in [0.1, 0.15) is 19.7 Å². The standard InChI is InChI=1S/C14H15FN2O2S/c1-8(2)20-7-11-16-13(18)12(14(19)17-11)9-3-5-10(15)6-4-9/h3-6,8H,7H2,1-2H3,(H2,16,17,18,19). The van der Waals surface area contributed by atoms with Crippen molar-refractivity contribution in [2.75, 3.05) is 0 Å². The molecule has 0 unspecified atom stereocenters. The van der Waals surface area contributed by atoms with Crippen molar-refractivity contribution in [1.82, 2.24) is 9.97 Å². The summed E-state index contributed by atoms with van der Waals surface area (Å²) in [5.74, 6) is 0.212. The van der Waals surface area contributed by atoms with Crippen molar-refractivity contribution in [2.24, 2.45) is 0 Å². The fraction of sp³-hybridized carbons (Fsp3) is 0.286. The molecule has 0 saturated heterocycles. The van der Waals surface area contributed by atoms with E-state index in [0.717, 1.165) is 0 Å². The second-order valence-electron chi connectivity index (χ2n) is 4.58. The Morgan fingerprint density at radius 2 is 2.00 bits per heavy atom. The molecule has 106 valence electrons. The number of nitrogens with one attached hydrogen (secondary N) is 1. The molecule has 2 N–H and O–H groups in total. The molecule has 0 spiro atoms. The second kappa shape index (κ2) is 6.09. The smallest absolute Gasteiger partial charge is 0.262 e. The Labute approximate surface area is 120 Å². The average molecular weight is 294 g/mol. The molecule has 0 fully saturated rings. The van der Waals surface area contributed by atoms with Crippen LogP contribution in [0.3, 0.4) is 0 Å². The number of halogens is 1. The van der Waals surface area contributed by atoms with Gasteiger partial charge in [0.15, 0.2) is 0 Å². The molecule has 6 heteroatoms. The van der Waals surface area contributed by atoms with E-state index in [0.29, 0.717) is 22.4 Å². The molecule has 0 aliphatic carbocycles. The lowest BCUT2D eigenvalue weighted by atomic mass is 10.1. The molecular weight excluding hydrogens is 279 g/mol. The van der Waals surface area contributed by atoms with Gasteiger partial charge < -0.3 is 10.1 Å². The molecule has 2 rings (SSSR count). The van der Waals surface area contributed by atoms with Gasteiger partial charge in [-0.05, 0) is 22.9 Å². The topological polar surface area (TPSA) is 66.0 Å². The number of H-pyrrole nitrogens is 1. The highest BCUT2D eigenvalue weighted by atomic mass is 32.2.